The van der Waals surface area contributed by atoms with E-state index < -0.39 is 0 Å². The smallest absolute Gasteiger partial charge is 0.0208 e. The van der Waals surface area contributed by atoms with Crippen molar-refractivity contribution in [1.29, 1.82) is 0 Å². The van der Waals surface area contributed by atoms with Gasteiger partial charge in [-0.05, 0) is 43.6 Å². The third-order valence-electron chi connectivity index (χ3n) is 2.77. The molecule has 0 atom stereocenters. The molecule has 2 N–H and O–H groups in total. The van der Waals surface area contributed by atoms with Gasteiger partial charge in [0.1, 0.15) is 0 Å². The Bertz CT molecular complexity index is 284. The average molecular weight is 220 g/mol. The van der Waals surface area contributed by atoms with Gasteiger partial charge in [-0.1, -0.05) is 38.1 Å². The van der Waals surface area contributed by atoms with Crippen LogP contribution in [-0.2, 0) is 13.0 Å². The summed E-state index contributed by atoms with van der Waals surface area (Å²) in [4.78, 5) is 0. The van der Waals surface area contributed by atoms with E-state index in [4.69, 9.17) is 0 Å². The van der Waals surface area contributed by atoms with E-state index in [0.29, 0.717) is 0 Å². The Morgan fingerprint density at radius 1 is 0.938 bits per heavy atom. The van der Waals surface area contributed by atoms with Gasteiger partial charge in [-0.3, -0.25) is 0 Å². The van der Waals surface area contributed by atoms with Crippen molar-refractivity contribution < 1.29 is 0 Å². The van der Waals surface area contributed by atoms with Crippen LogP contribution in [0.25, 0.3) is 0 Å². The van der Waals surface area contributed by atoms with Gasteiger partial charge in [0, 0.05) is 6.54 Å². The first kappa shape index (κ1) is 13.2. The number of hydrogen-bond donors (Lipinski definition) is 2. The van der Waals surface area contributed by atoms with Crippen LogP contribution in [0.4, 0.5) is 0 Å². The molecule has 1 aromatic rings. The van der Waals surface area contributed by atoms with Crippen LogP contribution in [0.2, 0.25) is 0 Å². The number of hydrogen-bond acceptors (Lipinski definition) is 2. The van der Waals surface area contributed by atoms with E-state index in [1.54, 1.807) is 0 Å². The third kappa shape index (κ3) is 4.77. The van der Waals surface area contributed by atoms with E-state index in [2.05, 4.69) is 48.7 Å². The quantitative estimate of drug-likeness (QED) is 0.657. The van der Waals surface area contributed by atoms with E-state index in [1.165, 1.54) is 17.5 Å². The van der Waals surface area contributed by atoms with Crippen molar-refractivity contribution in [3.05, 3.63) is 35.4 Å². The lowest BCUT2D eigenvalue weighted by molar-refractivity contribution is 0.605. The van der Waals surface area contributed by atoms with Crippen molar-refractivity contribution in [1.82, 2.24) is 10.6 Å². The number of nitrogens with one attached hydrogen (secondary N) is 2. The molecule has 1 aromatic carbocycles. The molecule has 0 saturated heterocycles. The van der Waals surface area contributed by atoms with Crippen LogP contribution < -0.4 is 10.6 Å². The van der Waals surface area contributed by atoms with E-state index in [0.717, 1.165) is 32.6 Å². The van der Waals surface area contributed by atoms with Gasteiger partial charge in [0.05, 0.1) is 0 Å². The summed E-state index contributed by atoms with van der Waals surface area (Å²) >= 11 is 0. The summed E-state index contributed by atoms with van der Waals surface area (Å²) in [6.45, 7) is 8.62. The fraction of sp³-hybridized carbons (Fsp3) is 0.571. The van der Waals surface area contributed by atoms with Gasteiger partial charge in [0.25, 0.3) is 0 Å². The molecule has 0 aliphatic rings. The highest BCUT2D eigenvalue weighted by Gasteiger charge is 1.98. The van der Waals surface area contributed by atoms with Crippen LogP contribution in [0.1, 0.15) is 31.4 Å². The molecule has 1 rings (SSSR count). The Morgan fingerprint density at radius 3 is 2.31 bits per heavy atom. The van der Waals surface area contributed by atoms with Crippen molar-refractivity contribution in [2.24, 2.45) is 0 Å². The lowest BCUT2D eigenvalue weighted by Crippen LogP contribution is -2.21. The standard InChI is InChI=1S/C14H24N2/c1-3-13-8-5-6-9-14(13)12-16-11-7-10-15-4-2/h5-6,8-9,15-16H,3-4,7,10-12H2,1-2H3. The largest absolute Gasteiger partial charge is 0.317 e. The Balaban J connectivity index is 2.21. The van der Waals surface area contributed by atoms with E-state index in [-0.39, 0.29) is 0 Å². The van der Waals surface area contributed by atoms with Gasteiger partial charge in [-0.15, -0.1) is 0 Å². The maximum atomic E-state index is 3.50. The number of rotatable bonds is 8. The van der Waals surface area contributed by atoms with Crippen LogP contribution in [-0.4, -0.2) is 19.6 Å². The highest BCUT2D eigenvalue weighted by atomic mass is 14.9. The first-order valence-electron chi connectivity index (χ1n) is 6.36. The summed E-state index contributed by atoms with van der Waals surface area (Å²) in [7, 11) is 0. The molecule has 0 radical (unpaired) electrons. The molecule has 0 aliphatic carbocycles. The lowest BCUT2D eigenvalue weighted by Gasteiger charge is -2.09. The number of aryl methyl sites for hydroxylation is 1. The second kappa shape index (κ2) is 8.31. The third-order valence-corrected chi connectivity index (χ3v) is 2.77. The predicted molar refractivity (Wildman–Crippen MR) is 70.7 cm³/mol. The molecule has 0 heterocycles. The highest BCUT2D eigenvalue weighted by Crippen LogP contribution is 2.08. The molecule has 16 heavy (non-hydrogen) atoms. The Morgan fingerprint density at radius 2 is 1.62 bits per heavy atom. The van der Waals surface area contributed by atoms with Gasteiger partial charge < -0.3 is 10.6 Å². The predicted octanol–water partition coefficient (Wildman–Crippen LogP) is 2.34. The average Bonchev–Trinajstić information content (AvgIpc) is 2.34. The molecule has 0 aliphatic heterocycles. The Kier molecular flexibility index (Phi) is 6.86. The van der Waals surface area contributed by atoms with Gasteiger partial charge >= 0.3 is 0 Å². The highest BCUT2D eigenvalue weighted by molar-refractivity contribution is 5.26. The maximum Gasteiger partial charge on any atom is 0.0208 e. The number of benzene rings is 1. The molecule has 0 amide bonds. The molecule has 0 unspecified atom stereocenters. The molecule has 0 aromatic heterocycles. The molecule has 0 bridgehead atoms. The van der Waals surface area contributed by atoms with Crippen molar-refractivity contribution in [3.8, 4) is 0 Å². The van der Waals surface area contributed by atoms with Gasteiger partial charge in [-0.25, -0.2) is 0 Å². The van der Waals surface area contributed by atoms with Crippen molar-refractivity contribution in [3.63, 3.8) is 0 Å². The van der Waals surface area contributed by atoms with Crippen LogP contribution >= 0.6 is 0 Å². The molecule has 0 spiro atoms. The minimum atomic E-state index is 0.996. The normalized spacial score (nSPS) is 10.6. The second-order valence-corrected chi connectivity index (χ2v) is 4.01. The van der Waals surface area contributed by atoms with Crippen LogP contribution in [0.3, 0.4) is 0 Å². The van der Waals surface area contributed by atoms with Crippen molar-refractivity contribution in [2.75, 3.05) is 19.6 Å². The zero-order chi connectivity index (χ0) is 11.6. The molecular weight excluding hydrogens is 196 g/mol. The Hall–Kier alpha value is -0.860. The molecule has 0 saturated carbocycles. The topological polar surface area (TPSA) is 24.1 Å². The molecule has 0 fully saturated rings. The fourth-order valence-corrected chi connectivity index (χ4v) is 1.81. The summed E-state index contributed by atoms with van der Waals surface area (Å²) in [5, 5.41) is 6.82. The summed E-state index contributed by atoms with van der Waals surface area (Å²) in [5.74, 6) is 0. The van der Waals surface area contributed by atoms with Gasteiger partial charge in [-0.2, -0.15) is 0 Å². The second-order valence-electron chi connectivity index (χ2n) is 4.01. The van der Waals surface area contributed by atoms with Crippen LogP contribution in [0, 0.1) is 0 Å². The lowest BCUT2D eigenvalue weighted by atomic mass is 10.1. The first-order valence-corrected chi connectivity index (χ1v) is 6.36. The minimum Gasteiger partial charge on any atom is -0.317 e. The Labute approximate surface area is 99.5 Å². The zero-order valence-electron chi connectivity index (χ0n) is 10.6. The fourth-order valence-electron chi connectivity index (χ4n) is 1.81. The van der Waals surface area contributed by atoms with E-state index in [1.807, 2.05) is 0 Å². The first-order chi connectivity index (χ1) is 7.88. The van der Waals surface area contributed by atoms with Gasteiger partial charge in [0.2, 0.25) is 0 Å². The van der Waals surface area contributed by atoms with E-state index in [9.17, 15) is 0 Å². The summed E-state index contributed by atoms with van der Waals surface area (Å²) in [6, 6.07) is 8.67. The van der Waals surface area contributed by atoms with Crippen molar-refractivity contribution >= 4 is 0 Å². The molecule has 2 nitrogen and oxygen atoms in total. The van der Waals surface area contributed by atoms with Gasteiger partial charge in [0.15, 0.2) is 0 Å². The molecule has 90 valence electrons. The summed E-state index contributed by atoms with van der Waals surface area (Å²) in [5.41, 5.74) is 2.90. The minimum absolute atomic E-state index is 0.996. The summed E-state index contributed by atoms with van der Waals surface area (Å²) in [6.07, 6.45) is 2.32. The van der Waals surface area contributed by atoms with E-state index >= 15 is 0 Å². The van der Waals surface area contributed by atoms with Crippen LogP contribution in [0.5, 0.6) is 0 Å². The van der Waals surface area contributed by atoms with Crippen LogP contribution in [0.15, 0.2) is 24.3 Å². The summed E-state index contributed by atoms with van der Waals surface area (Å²) < 4.78 is 0. The molecule has 2 heteroatoms. The zero-order valence-corrected chi connectivity index (χ0v) is 10.6. The monoisotopic (exact) mass is 220 g/mol. The molecular formula is C14H24N2. The maximum absolute atomic E-state index is 3.50. The van der Waals surface area contributed by atoms with Crippen molar-refractivity contribution in [2.45, 2.75) is 33.2 Å². The SMILES string of the molecule is CCNCCCNCc1ccccc1CC.